The summed E-state index contributed by atoms with van der Waals surface area (Å²) >= 11 is 0. The van der Waals surface area contributed by atoms with Crippen LogP contribution in [0.4, 0.5) is 0 Å². The molecule has 0 aliphatic carbocycles. The molecule has 272 valence electrons. The first-order chi connectivity index (χ1) is 22.3. The van der Waals surface area contributed by atoms with E-state index in [0.29, 0.717) is 13.0 Å². The summed E-state index contributed by atoms with van der Waals surface area (Å²) in [5.74, 6) is -0.599. The predicted molar refractivity (Wildman–Crippen MR) is 187 cm³/mol. The predicted octanol–water partition coefficient (Wildman–Crippen LogP) is 6.49. The van der Waals surface area contributed by atoms with E-state index >= 15 is 0 Å². The smallest absolute Gasteiger partial charge is 0.237 e. The van der Waals surface area contributed by atoms with Crippen LogP contribution in [0.15, 0.2) is 0 Å². The maximum Gasteiger partial charge on any atom is 0.237 e. The highest BCUT2D eigenvalue weighted by Crippen LogP contribution is 2.26. The Morgan fingerprint density at radius 2 is 1.11 bits per heavy atom. The summed E-state index contributed by atoms with van der Waals surface area (Å²) in [6.45, 7) is 5.92. The van der Waals surface area contributed by atoms with Crippen LogP contribution in [-0.2, 0) is 14.3 Å². The number of hydrogen-bond donors (Lipinski definition) is 5. The standard InChI is InChI=1S/C37H73N3O6/c1-4-6-8-10-12-14-15-16-17-18-20-22-24-26-28-40(32(42)27-25-23-21-19-13-11-9-7-5-2)37-33(39-36(45)30(3)38)35(44)34(43)31(29-41)46-37/h30-31,33-35,37,41,43-44H,4-29,38H2,1-3H3,(H,39,45)/t30-,31+,33+,34+,35+,37+/m0/s1. The van der Waals surface area contributed by atoms with Gasteiger partial charge in [0.25, 0.3) is 0 Å². The zero-order chi connectivity index (χ0) is 34.0. The molecule has 1 fully saturated rings. The third-order valence-corrected chi connectivity index (χ3v) is 9.50. The Labute approximate surface area is 281 Å². The molecule has 0 aromatic rings. The molecule has 1 rings (SSSR count). The summed E-state index contributed by atoms with van der Waals surface area (Å²) in [6, 6.07) is -1.90. The van der Waals surface area contributed by atoms with Crippen LogP contribution >= 0.6 is 0 Å². The van der Waals surface area contributed by atoms with E-state index in [4.69, 9.17) is 10.5 Å². The lowest BCUT2D eigenvalue weighted by atomic mass is 9.94. The van der Waals surface area contributed by atoms with Crippen LogP contribution in [0, 0.1) is 0 Å². The van der Waals surface area contributed by atoms with Crippen molar-refractivity contribution in [1.29, 1.82) is 0 Å². The molecule has 1 saturated heterocycles. The quantitative estimate of drug-likeness (QED) is 0.0580. The van der Waals surface area contributed by atoms with E-state index < -0.39 is 49.1 Å². The Morgan fingerprint density at radius 1 is 0.696 bits per heavy atom. The average Bonchev–Trinajstić information content (AvgIpc) is 3.04. The molecule has 0 spiro atoms. The fraction of sp³-hybridized carbons (Fsp3) is 0.946. The van der Waals surface area contributed by atoms with E-state index in [-0.39, 0.29) is 5.91 Å². The second-order valence-electron chi connectivity index (χ2n) is 13.8. The van der Waals surface area contributed by atoms with E-state index in [2.05, 4.69) is 19.2 Å². The number of nitrogens with one attached hydrogen (secondary N) is 1. The number of ether oxygens (including phenoxy) is 1. The van der Waals surface area contributed by atoms with Crippen LogP contribution in [0.5, 0.6) is 0 Å². The molecular formula is C37H73N3O6. The third kappa shape index (κ3) is 18.3. The van der Waals surface area contributed by atoms with Gasteiger partial charge >= 0.3 is 0 Å². The highest BCUT2D eigenvalue weighted by atomic mass is 16.5. The Kier molecular flexibility index (Phi) is 25.7. The molecule has 46 heavy (non-hydrogen) atoms. The first-order valence-corrected chi connectivity index (χ1v) is 19.3. The highest BCUT2D eigenvalue weighted by Gasteiger charge is 2.48. The fourth-order valence-corrected chi connectivity index (χ4v) is 6.42. The van der Waals surface area contributed by atoms with Crippen molar-refractivity contribution in [3.8, 4) is 0 Å². The first kappa shape index (κ1) is 42.8. The molecule has 1 aliphatic rings. The van der Waals surface area contributed by atoms with Crippen LogP contribution in [0.1, 0.15) is 175 Å². The molecule has 0 unspecified atom stereocenters. The van der Waals surface area contributed by atoms with Crippen LogP contribution < -0.4 is 11.1 Å². The van der Waals surface area contributed by atoms with Crippen LogP contribution in [0.2, 0.25) is 0 Å². The van der Waals surface area contributed by atoms with Crippen molar-refractivity contribution in [2.75, 3.05) is 13.2 Å². The maximum absolute atomic E-state index is 13.7. The van der Waals surface area contributed by atoms with E-state index in [1.165, 1.54) is 116 Å². The summed E-state index contributed by atoms with van der Waals surface area (Å²) in [4.78, 5) is 27.9. The summed E-state index contributed by atoms with van der Waals surface area (Å²) in [6.07, 6.45) is 23.1. The van der Waals surface area contributed by atoms with E-state index in [9.17, 15) is 24.9 Å². The molecule has 9 heteroatoms. The Bertz CT molecular complexity index is 755. The van der Waals surface area contributed by atoms with Crippen molar-refractivity contribution in [1.82, 2.24) is 10.2 Å². The second-order valence-corrected chi connectivity index (χ2v) is 13.8. The lowest BCUT2D eigenvalue weighted by Crippen LogP contribution is -2.69. The summed E-state index contributed by atoms with van der Waals surface area (Å²) in [7, 11) is 0. The number of carbonyl (C=O) groups excluding carboxylic acids is 2. The first-order valence-electron chi connectivity index (χ1n) is 19.3. The number of nitrogens with zero attached hydrogens (tertiary/aromatic N) is 1. The minimum atomic E-state index is -1.42. The number of amides is 2. The minimum absolute atomic E-state index is 0.0945. The molecule has 2 amide bonds. The molecule has 0 radical (unpaired) electrons. The van der Waals surface area contributed by atoms with Gasteiger partial charge in [-0.25, -0.2) is 0 Å². The normalized spacial score (nSPS) is 22.1. The van der Waals surface area contributed by atoms with Crippen LogP contribution in [-0.4, -0.2) is 81.8 Å². The zero-order valence-electron chi connectivity index (χ0n) is 29.9. The van der Waals surface area contributed by atoms with Crippen LogP contribution in [0.3, 0.4) is 0 Å². The van der Waals surface area contributed by atoms with Gasteiger partial charge in [0.05, 0.1) is 12.6 Å². The molecule has 0 aromatic carbocycles. The van der Waals surface area contributed by atoms with Gasteiger partial charge in [-0.2, -0.15) is 0 Å². The van der Waals surface area contributed by atoms with Crippen molar-refractivity contribution < 1.29 is 29.6 Å². The van der Waals surface area contributed by atoms with Crippen LogP contribution in [0.25, 0.3) is 0 Å². The van der Waals surface area contributed by atoms with Crippen molar-refractivity contribution >= 4 is 11.8 Å². The average molecular weight is 656 g/mol. The van der Waals surface area contributed by atoms with E-state index in [0.717, 1.165) is 38.5 Å². The SMILES string of the molecule is CCCCCCCCCCCCCCCCN(C(=O)CCCCCCCCCCC)[C@@H]1O[C@H](CO)[C@@H](O)[C@H](O)[C@H]1NC(=O)[C@H](C)N. The van der Waals surface area contributed by atoms with Crippen molar-refractivity contribution in [3.05, 3.63) is 0 Å². The van der Waals surface area contributed by atoms with Gasteiger partial charge in [-0.3, -0.25) is 9.59 Å². The van der Waals surface area contributed by atoms with Gasteiger partial charge in [-0.05, 0) is 19.8 Å². The molecule has 0 bridgehead atoms. The largest absolute Gasteiger partial charge is 0.394 e. The third-order valence-electron chi connectivity index (χ3n) is 9.50. The molecule has 0 saturated carbocycles. The van der Waals surface area contributed by atoms with Gasteiger partial charge in [0.1, 0.15) is 24.4 Å². The Balaban J connectivity index is 2.67. The van der Waals surface area contributed by atoms with Gasteiger partial charge < -0.3 is 36.0 Å². The number of hydrogen-bond acceptors (Lipinski definition) is 7. The van der Waals surface area contributed by atoms with E-state index in [1.807, 2.05) is 0 Å². The number of aliphatic hydroxyl groups excluding tert-OH is 3. The Hall–Kier alpha value is -1.26. The highest BCUT2D eigenvalue weighted by molar-refractivity contribution is 5.81. The number of unbranched alkanes of at least 4 members (excludes halogenated alkanes) is 21. The van der Waals surface area contributed by atoms with Crippen molar-refractivity contribution in [3.63, 3.8) is 0 Å². The fourth-order valence-electron chi connectivity index (χ4n) is 6.42. The molecular weight excluding hydrogens is 582 g/mol. The topological polar surface area (TPSA) is 145 Å². The lowest BCUT2D eigenvalue weighted by Gasteiger charge is -2.47. The number of aliphatic hydroxyl groups is 3. The maximum atomic E-state index is 13.7. The minimum Gasteiger partial charge on any atom is -0.394 e. The van der Waals surface area contributed by atoms with Gasteiger partial charge in [-0.1, -0.05) is 149 Å². The number of nitrogens with two attached hydrogens (primary N) is 1. The summed E-state index contributed by atoms with van der Waals surface area (Å²) in [5.41, 5.74) is 5.78. The van der Waals surface area contributed by atoms with E-state index in [1.54, 1.807) is 4.90 Å². The molecule has 0 aromatic heterocycles. The molecule has 6 N–H and O–H groups in total. The monoisotopic (exact) mass is 656 g/mol. The van der Waals surface area contributed by atoms with Crippen molar-refractivity contribution in [2.24, 2.45) is 5.73 Å². The Morgan fingerprint density at radius 3 is 1.52 bits per heavy atom. The van der Waals surface area contributed by atoms with Gasteiger partial charge in [-0.15, -0.1) is 0 Å². The number of rotatable bonds is 29. The molecule has 1 heterocycles. The summed E-state index contributed by atoms with van der Waals surface area (Å²) in [5, 5.41) is 34.1. The second kappa shape index (κ2) is 27.7. The zero-order valence-corrected chi connectivity index (χ0v) is 29.9. The van der Waals surface area contributed by atoms with Crippen molar-refractivity contribution in [2.45, 2.75) is 211 Å². The molecule has 1 aliphatic heterocycles. The van der Waals surface area contributed by atoms with Gasteiger partial charge in [0, 0.05) is 13.0 Å². The summed E-state index contributed by atoms with van der Waals surface area (Å²) < 4.78 is 6.05. The molecule has 9 nitrogen and oxygen atoms in total. The number of carbonyl (C=O) groups is 2. The molecule has 6 atom stereocenters. The van der Waals surface area contributed by atoms with Gasteiger partial charge in [0.15, 0.2) is 6.23 Å². The lowest BCUT2D eigenvalue weighted by molar-refractivity contribution is -0.231. The van der Waals surface area contributed by atoms with Gasteiger partial charge in [0.2, 0.25) is 11.8 Å².